The van der Waals surface area contributed by atoms with E-state index in [4.69, 9.17) is 0 Å². The van der Waals surface area contributed by atoms with Crippen LogP contribution in [0.4, 0.5) is 0 Å². The van der Waals surface area contributed by atoms with E-state index in [1.165, 1.54) is 5.56 Å². The average Bonchev–Trinajstić information content (AvgIpc) is 2.43. The van der Waals surface area contributed by atoms with Crippen LogP contribution >= 0.6 is 0 Å². The highest BCUT2D eigenvalue weighted by Crippen LogP contribution is 2.13. The van der Waals surface area contributed by atoms with Gasteiger partial charge in [-0.15, -0.1) is 0 Å². The maximum Gasteiger partial charge on any atom is 0.150 e. The van der Waals surface area contributed by atoms with Crippen molar-refractivity contribution >= 4 is 9.84 Å². The van der Waals surface area contributed by atoms with Crippen LogP contribution in [0, 0.1) is 0 Å². The summed E-state index contributed by atoms with van der Waals surface area (Å²) in [4.78, 5) is 0. The van der Waals surface area contributed by atoms with Crippen molar-refractivity contribution in [2.45, 2.75) is 45.6 Å². The lowest BCUT2D eigenvalue weighted by Crippen LogP contribution is -2.40. The molecule has 1 aromatic rings. The van der Waals surface area contributed by atoms with Gasteiger partial charge in [0.15, 0.2) is 0 Å². The predicted octanol–water partition coefficient (Wildman–Crippen LogP) is 2.81. The summed E-state index contributed by atoms with van der Waals surface area (Å²) in [5.41, 5.74) is 1.38. The molecule has 0 aliphatic rings. The zero-order valence-electron chi connectivity index (χ0n) is 12.9. The maximum atomic E-state index is 11.4. The quantitative estimate of drug-likeness (QED) is 0.713. The molecule has 0 radical (unpaired) electrons. The van der Waals surface area contributed by atoms with E-state index < -0.39 is 9.84 Å². The number of rotatable bonds is 9. The summed E-state index contributed by atoms with van der Waals surface area (Å²) in [5.74, 6) is 0.523. The van der Waals surface area contributed by atoms with Crippen LogP contribution in [0.15, 0.2) is 30.3 Å². The van der Waals surface area contributed by atoms with Crippen LogP contribution in [-0.4, -0.2) is 32.0 Å². The third kappa shape index (κ3) is 7.06. The lowest BCUT2D eigenvalue weighted by molar-refractivity contribution is 0.363. The Balaban J connectivity index is 2.28. The second kappa shape index (κ2) is 7.79. The third-order valence-corrected chi connectivity index (χ3v) is 5.35. The standard InChI is InChI=1S/C16H27NO2S/c1-4-20(18,19)14-8-13-17-16(2,3)12-11-15-9-6-5-7-10-15/h5-7,9-10,17H,4,8,11-14H2,1-3H3. The van der Waals surface area contributed by atoms with Gasteiger partial charge in [-0.25, -0.2) is 8.42 Å². The second-order valence-electron chi connectivity index (χ2n) is 5.89. The first kappa shape index (κ1) is 17.2. The van der Waals surface area contributed by atoms with Crippen molar-refractivity contribution in [1.82, 2.24) is 5.32 Å². The van der Waals surface area contributed by atoms with E-state index in [1.54, 1.807) is 6.92 Å². The van der Waals surface area contributed by atoms with Crippen molar-refractivity contribution in [1.29, 1.82) is 0 Å². The van der Waals surface area contributed by atoms with Crippen LogP contribution in [-0.2, 0) is 16.3 Å². The Hall–Kier alpha value is -0.870. The molecule has 0 aliphatic heterocycles. The molecule has 0 atom stereocenters. The monoisotopic (exact) mass is 297 g/mol. The molecule has 0 amide bonds. The summed E-state index contributed by atoms with van der Waals surface area (Å²) in [7, 11) is -2.83. The molecule has 0 saturated heterocycles. The fourth-order valence-corrected chi connectivity index (χ4v) is 2.93. The van der Waals surface area contributed by atoms with Crippen molar-refractivity contribution in [3.05, 3.63) is 35.9 Å². The Labute approximate surface area is 123 Å². The highest BCUT2D eigenvalue weighted by atomic mass is 32.2. The van der Waals surface area contributed by atoms with Crippen LogP contribution in [0.25, 0.3) is 0 Å². The van der Waals surface area contributed by atoms with Crippen LogP contribution in [0.5, 0.6) is 0 Å². The van der Waals surface area contributed by atoms with Gasteiger partial charge in [-0.1, -0.05) is 37.3 Å². The van der Waals surface area contributed by atoms with Crippen molar-refractivity contribution < 1.29 is 8.42 Å². The largest absolute Gasteiger partial charge is 0.312 e. The minimum atomic E-state index is -2.83. The topological polar surface area (TPSA) is 46.2 Å². The van der Waals surface area contributed by atoms with E-state index >= 15 is 0 Å². The number of aryl methyl sites for hydroxylation is 1. The molecule has 0 saturated carbocycles. The molecule has 1 N–H and O–H groups in total. The molecular formula is C16H27NO2S. The highest BCUT2D eigenvalue weighted by Gasteiger charge is 2.16. The van der Waals surface area contributed by atoms with Gasteiger partial charge in [-0.2, -0.15) is 0 Å². The highest BCUT2D eigenvalue weighted by molar-refractivity contribution is 7.91. The molecule has 0 aliphatic carbocycles. The van der Waals surface area contributed by atoms with Crippen LogP contribution in [0.3, 0.4) is 0 Å². The lowest BCUT2D eigenvalue weighted by atomic mass is 9.95. The molecule has 0 aromatic heterocycles. The molecule has 1 aromatic carbocycles. The van der Waals surface area contributed by atoms with Crippen LogP contribution < -0.4 is 5.32 Å². The smallest absolute Gasteiger partial charge is 0.150 e. The first-order chi connectivity index (χ1) is 9.35. The van der Waals surface area contributed by atoms with Gasteiger partial charge in [-0.3, -0.25) is 0 Å². The minimum absolute atomic E-state index is 0.0335. The summed E-state index contributed by atoms with van der Waals surface area (Å²) in [6, 6.07) is 10.4. The van der Waals surface area contributed by atoms with E-state index in [0.717, 1.165) is 19.4 Å². The summed E-state index contributed by atoms with van der Waals surface area (Å²) in [6.45, 7) is 6.79. The van der Waals surface area contributed by atoms with Gasteiger partial charge in [0.25, 0.3) is 0 Å². The van der Waals surface area contributed by atoms with Crippen molar-refractivity contribution in [2.24, 2.45) is 0 Å². The summed E-state index contributed by atoms with van der Waals surface area (Å²) in [6.07, 6.45) is 2.76. The summed E-state index contributed by atoms with van der Waals surface area (Å²) < 4.78 is 22.8. The van der Waals surface area contributed by atoms with Gasteiger partial charge < -0.3 is 5.32 Å². The van der Waals surface area contributed by atoms with Crippen LogP contribution in [0.1, 0.15) is 39.2 Å². The van der Waals surface area contributed by atoms with E-state index in [9.17, 15) is 8.42 Å². The van der Waals surface area contributed by atoms with Crippen LogP contribution in [0.2, 0.25) is 0 Å². The van der Waals surface area contributed by atoms with Gasteiger partial charge in [0.05, 0.1) is 5.75 Å². The predicted molar refractivity (Wildman–Crippen MR) is 85.8 cm³/mol. The molecule has 114 valence electrons. The normalized spacial score (nSPS) is 12.6. The number of benzene rings is 1. The number of hydrogen-bond donors (Lipinski definition) is 1. The molecule has 0 fully saturated rings. The van der Waals surface area contributed by atoms with Gasteiger partial charge in [0.1, 0.15) is 9.84 Å². The molecule has 4 heteroatoms. The Morgan fingerprint density at radius 2 is 1.80 bits per heavy atom. The minimum Gasteiger partial charge on any atom is -0.312 e. The van der Waals surface area contributed by atoms with Gasteiger partial charge >= 0.3 is 0 Å². The summed E-state index contributed by atoms with van der Waals surface area (Å²) >= 11 is 0. The van der Waals surface area contributed by atoms with Gasteiger partial charge in [0, 0.05) is 11.3 Å². The Kier molecular flexibility index (Phi) is 6.69. The Bertz CT molecular complexity index is 480. The van der Waals surface area contributed by atoms with Crippen molar-refractivity contribution in [2.75, 3.05) is 18.1 Å². The number of nitrogens with one attached hydrogen (secondary N) is 1. The maximum absolute atomic E-state index is 11.4. The van der Waals surface area contributed by atoms with Gasteiger partial charge in [-0.05, 0) is 45.2 Å². The second-order valence-corrected chi connectivity index (χ2v) is 8.36. The summed E-state index contributed by atoms with van der Waals surface area (Å²) in [5, 5.41) is 3.46. The Morgan fingerprint density at radius 1 is 1.15 bits per heavy atom. The molecule has 0 spiro atoms. The molecular weight excluding hydrogens is 270 g/mol. The molecule has 0 bridgehead atoms. The van der Waals surface area contributed by atoms with Crippen molar-refractivity contribution in [3.8, 4) is 0 Å². The lowest BCUT2D eigenvalue weighted by Gasteiger charge is -2.26. The zero-order valence-corrected chi connectivity index (χ0v) is 13.7. The average molecular weight is 297 g/mol. The Morgan fingerprint density at radius 3 is 2.40 bits per heavy atom. The van der Waals surface area contributed by atoms with E-state index in [1.807, 2.05) is 6.07 Å². The SMILES string of the molecule is CCS(=O)(=O)CCCNC(C)(C)CCc1ccccc1. The first-order valence-electron chi connectivity index (χ1n) is 7.34. The molecule has 0 heterocycles. The van der Waals surface area contributed by atoms with Crippen molar-refractivity contribution in [3.63, 3.8) is 0 Å². The number of sulfone groups is 1. The molecule has 3 nitrogen and oxygen atoms in total. The van der Waals surface area contributed by atoms with E-state index in [-0.39, 0.29) is 17.0 Å². The molecule has 1 rings (SSSR count). The fraction of sp³-hybridized carbons (Fsp3) is 0.625. The van der Waals surface area contributed by atoms with Gasteiger partial charge in [0.2, 0.25) is 0 Å². The fourth-order valence-electron chi connectivity index (χ4n) is 2.05. The first-order valence-corrected chi connectivity index (χ1v) is 9.16. The van der Waals surface area contributed by atoms with E-state index in [0.29, 0.717) is 6.42 Å². The molecule has 20 heavy (non-hydrogen) atoms. The molecule has 0 unspecified atom stereocenters. The third-order valence-electron chi connectivity index (χ3n) is 3.56. The zero-order chi connectivity index (χ0) is 15.1. The number of hydrogen-bond acceptors (Lipinski definition) is 3. The van der Waals surface area contributed by atoms with E-state index in [2.05, 4.69) is 43.4 Å².